The van der Waals surface area contributed by atoms with Gasteiger partial charge in [0.15, 0.2) is 0 Å². The molecule has 0 fully saturated rings. The highest BCUT2D eigenvalue weighted by molar-refractivity contribution is 6.35. The van der Waals surface area contributed by atoms with Crippen molar-refractivity contribution in [3.05, 3.63) is 97.4 Å². The minimum absolute atomic E-state index is 0.304. The van der Waals surface area contributed by atoms with E-state index in [0.717, 1.165) is 66.4 Å². The van der Waals surface area contributed by atoms with Crippen molar-refractivity contribution in [3.8, 4) is 16.9 Å². The smallest absolute Gasteiger partial charge is 0.337 e. The number of hydrogen-bond acceptors (Lipinski definition) is 5. The average Bonchev–Trinajstić information content (AvgIpc) is 3.49. The van der Waals surface area contributed by atoms with Crippen LogP contribution in [0.5, 0.6) is 5.75 Å². The van der Waals surface area contributed by atoms with E-state index in [1.807, 2.05) is 70.6 Å². The van der Waals surface area contributed by atoms with Gasteiger partial charge in [-0.25, -0.2) is 4.79 Å². The fraction of sp³-hybridized carbons (Fsp3) is 0.286. The van der Waals surface area contributed by atoms with E-state index in [2.05, 4.69) is 15.4 Å². The van der Waals surface area contributed by atoms with Gasteiger partial charge in [0.1, 0.15) is 11.4 Å². The molecule has 5 rings (SSSR count). The third-order valence-corrected chi connectivity index (χ3v) is 9.07. The number of nitrogens with zero attached hydrogens (tertiary/aromatic N) is 2. The van der Waals surface area contributed by atoms with Crippen LogP contribution in [-0.2, 0) is 18.2 Å². The molecule has 0 saturated carbocycles. The van der Waals surface area contributed by atoms with Crippen molar-refractivity contribution in [2.75, 3.05) is 19.0 Å². The van der Waals surface area contributed by atoms with Crippen molar-refractivity contribution in [2.24, 2.45) is 7.05 Å². The molecular formula is C35H36Cl2N4O4. The van der Waals surface area contributed by atoms with Crippen LogP contribution in [0, 0.1) is 34.6 Å². The highest BCUT2D eigenvalue weighted by atomic mass is 35.5. The predicted molar refractivity (Wildman–Crippen MR) is 180 cm³/mol. The zero-order valence-corrected chi connectivity index (χ0v) is 28.0. The largest absolute Gasteiger partial charge is 0.494 e. The summed E-state index contributed by atoms with van der Waals surface area (Å²) in [4.78, 5) is 29.4. The molecule has 0 atom stereocenters. The highest BCUT2D eigenvalue weighted by Gasteiger charge is 2.24. The first kappa shape index (κ1) is 32.1. The van der Waals surface area contributed by atoms with Gasteiger partial charge in [0, 0.05) is 40.0 Å². The number of aromatic nitrogens is 3. The Morgan fingerprint density at radius 1 is 0.956 bits per heavy atom. The standard InChI is InChI=1S/C35H36Cl2N4O4/c1-18-15-23(35(43)44-7)10-13-28(18)38-34(42)33-25(9-8-14-45-24-16-19(2)31(37)20(3)17-24)26-11-12-27(36)30(32(26)39-33)29-21(4)40-41(6)22(29)5/h10-13,15-17,39H,8-9,14H2,1-7H3,(H,38,42). The number of ether oxygens (including phenoxy) is 2. The number of rotatable bonds is 9. The summed E-state index contributed by atoms with van der Waals surface area (Å²) >= 11 is 13.2. The summed E-state index contributed by atoms with van der Waals surface area (Å²) in [5.74, 6) is 0.0147. The summed E-state index contributed by atoms with van der Waals surface area (Å²) in [7, 11) is 3.23. The van der Waals surface area contributed by atoms with Crippen LogP contribution >= 0.6 is 23.2 Å². The van der Waals surface area contributed by atoms with Crippen LogP contribution in [0.15, 0.2) is 42.5 Å². The summed E-state index contributed by atoms with van der Waals surface area (Å²) in [5, 5.41) is 9.84. The summed E-state index contributed by atoms with van der Waals surface area (Å²) in [6.07, 6.45) is 1.23. The number of carbonyl (C=O) groups is 2. The van der Waals surface area contributed by atoms with Crippen LogP contribution < -0.4 is 10.1 Å². The molecule has 1 amide bonds. The summed E-state index contributed by atoms with van der Waals surface area (Å²) in [5.41, 5.74) is 9.25. The molecule has 45 heavy (non-hydrogen) atoms. The minimum Gasteiger partial charge on any atom is -0.494 e. The molecule has 0 bridgehead atoms. The Balaban J connectivity index is 1.52. The quantitative estimate of drug-likeness (QED) is 0.124. The predicted octanol–water partition coefficient (Wildman–Crippen LogP) is 8.47. The molecule has 0 aliphatic rings. The fourth-order valence-corrected chi connectivity index (χ4v) is 6.15. The van der Waals surface area contributed by atoms with Crippen molar-refractivity contribution in [1.29, 1.82) is 0 Å². The molecule has 10 heteroatoms. The van der Waals surface area contributed by atoms with E-state index in [1.165, 1.54) is 7.11 Å². The van der Waals surface area contributed by atoms with Gasteiger partial charge in [-0.2, -0.15) is 5.10 Å². The Kier molecular flexibility index (Phi) is 9.28. The van der Waals surface area contributed by atoms with Crippen molar-refractivity contribution in [2.45, 2.75) is 47.5 Å². The number of nitrogens with one attached hydrogen (secondary N) is 2. The number of fused-ring (bicyclic) bond motifs is 1. The molecule has 2 N–H and O–H groups in total. The maximum Gasteiger partial charge on any atom is 0.337 e. The summed E-state index contributed by atoms with van der Waals surface area (Å²) < 4.78 is 12.8. The molecule has 2 heterocycles. The van der Waals surface area contributed by atoms with Crippen molar-refractivity contribution in [3.63, 3.8) is 0 Å². The molecule has 5 aromatic rings. The van der Waals surface area contributed by atoms with E-state index < -0.39 is 5.97 Å². The highest BCUT2D eigenvalue weighted by Crippen LogP contribution is 2.40. The molecule has 0 aliphatic heterocycles. The number of aromatic amines is 1. The van der Waals surface area contributed by atoms with Gasteiger partial charge in [-0.1, -0.05) is 29.3 Å². The van der Waals surface area contributed by atoms with Crippen LogP contribution in [-0.4, -0.2) is 40.4 Å². The third kappa shape index (κ3) is 6.30. The van der Waals surface area contributed by atoms with Crippen LogP contribution in [0.3, 0.4) is 0 Å². The normalized spacial score (nSPS) is 11.2. The second-order valence-corrected chi connectivity index (χ2v) is 12.1. The molecule has 8 nitrogen and oxygen atoms in total. The maximum absolute atomic E-state index is 13.9. The number of H-pyrrole nitrogens is 1. The van der Waals surface area contributed by atoms with E-state index in [4.69, 9.17) is 32.7 Å². The van der Waals surface area contributed by atoms with E-state index in [0.29, 0.717) is 41.4 Å². The van der Waals surface area contributed by atoms with Gasteiger partial charge in [-0.3, -0.25) is 9.48 Å². The van der Waals surface area contributed by atoms with Crippen molar-refractivity contribution in [1.82, 2.24) is 14.8 Å². The average molecular weight is 648 g/mol. The molecule has 0 unspecified atom stereocenters. The first-order valence-electron chi connectivity index (χ1n) is 14.6. The Labute approximate surface area is 272 Å². The Bertz CT molecular complexity index is 1930. The number of esters is 1. The number of methoxy groups -OCH3 is 1. The molecule has 0 saturated heterocycles. The molecule has 0 spiro atoms. The number of carbonyl (C=O) groups excluding carboxylic acids is 2. The monoisotopic (exact) mass is 646 g/mol. The molecular weight excluding hydrogens is 611 g/mol. The summed E-state index contributed by atoms with van der Waals surface area (Å²) in [6.45, 7) is 10.1. The Morgan fingerprint density at radius 3 is 2.29 bits per heavy atom. The SMILES string of the molecule is COC(=O)c1ccc(NC(=O)c2[nH]c3c(-c4c(C)nn(C)c4C)c(Cl)ccc3c2CCCOc2cc(C)c(Cl)c(C)c2)c(C)c1. The Hall–Kier alpha value is -4.27. The first-order chi connectivity index (χ1) is 21.4. The zero-order valence-electron chi connectivity index (χ0n) is 26.4. The van der Waals surface area contributed by atoms with Gasteiger partial charge in [0.2, 0.25) is 0 Å². The minimum atomic E-state index is -0.439. The second kappa shape index (κ2) is 13.0. The maximum atomic E-state index is 13.9. The molecule has 234 valence electrons. The van der Waals surface area contributed by atoms with E-state index in [-0.39, 0.29) is 5.91 Å². The number of amides is 1. The van der Waals surface area contributed by atoms with Gasteiger partial charge in [-0.15, -0.1) is 0 Å². The lowest BCUT2D eigenvalue weighted by atomic mass is 9.98. The van der Waals surface area contributed by atoms with Crippen molar-refractivity contribution >= 4 is 51.7 Å². The zero-order chi connectivity index (χ0) is 32.6. The number of benzene rings is 3. The van der Waals surface area contributed by atoms with E-state index in [1.54, 1.807) is 18.2 Å². The second-order valence-electron chi connectivity index (χ2n) is 11.3. The van der Waals surface area contributed by atoms with Gasteiger partial charge < -0.3 is 19.8 Å². The van der Waals surface area contributed by atoms with Crippen LogP contribution in [0.4, 0.5) is 5.69 Å². The molecule has 2 aromatic heterocycles. The van der Waals surface area contributed by atoms with Gasteiger partial charge in [-0.05, 0) is 106 Å². The molecule has 0 aliphatic carbocycles. The van der Waals surface area contributed by atoms with Crippen LogP contribution in [0.1, 0.15) is 60.9 Å². The Morgan fingerprint density at radius 2 is 1.67 bits per heavy atom. The van der Waals surface area contributed by atoms with Crippen LogP contribution in [0.2, 0.25) is 10.0 Å². The van der Waals surface area contributed by atoms with Crippen LogP contribution in [0.25, 0.3) is 22.0 Å². The topological polar surface area (TPSA) is 98.2 Å². The lowest BCUT2D eigenvalue weighted by Crippen LogP contribution is -2.16. The third-order valence-electron chi connectivity index (χ3n) is 8.16. The van der Waals surface area contributed by atoms with E-state index in [9.17, 15) is 9.59 Å². The van der Waals surface area contributed by atoms with Gasteiger partial charge in [0.05, 0.1) is 35.5 Å². The van der Waals surface area contributed by atoms with Gasteiger partial charge in [0.25, 0.3) is 5.91 Å². The lowest BCUT2D eigenvalue weighted by Gasteiger charge is -2.12. The first-order valence-corrected chi connectivity index (χ1v) is 15.4. The molecule has 0 radical (unpaired) electrons. The number of hydrogen-bond donors (Lipinski definition) is 2. The molecule has 3 aromatic carbocycles. The number of aryl methyl sites for hydroxylation is 6. The van der Waals surface area contributed by atoms with Crippen molar-refractivity contribution < 1.29 is 19.1 Å². The van der Waals surface area contributed by atoms with E-state index >= 15 is 0 Å². The summed E-state index contributed by atoms with van der Waals surface area (Å²) in [6, 6.07) is 12.7. The number of anilines is 1. The lowest BCUT2D eigenvalue weighted by molar-refractivity contribution is 0.0600. The fourth-order valence-electron chi connectivity index (χ4n) is 5.79. The number of halogens is 2. The van der Waals surface area contributed by atoms with Gasteiger partial charge >= 0.3 is 5.97 Å².